The topological polar surface area (TPSA) is 90.3 Å². The molecule has 28 heavy (non-hydrogen) atoms. The van der Waals surface area contributed by atoms with E-state index in [0.29, 0.717) is 21.9 Å². The second-order valence-electron chi connectivity index (χ2n) is 6.35. The third kappa shape index (κ3) is 4.00. The van der Waals surface area contributed by atoms with Crippen LogP contribution in [-0.4, -0.2) is 28.0 Å². The number of aromatic nitrogens is 2. The van der Waals surface area contributed by atoms with Gasteiger partial charge in [0.25, 0.3) is 5.56 Å². The summed E-state index contributed by atoms with van der Waals surface area (Å²) in [5, 5.41) is 3.98. The van der Waals surface area contributed by atoms with Crippen LogP contribution in [0.25, 0.3) is 10.2 Å². The van der Waals surface area contributed by atoms with Crippen LogP contribution in [0.4, 0.5) is 5.00 Å². The maximum Gasteiger partial charge on any atom is 0.348 e. The lowest BCUT2D eigenvalue weighted by atomic mass is 10.2. The zero-order valence-corrected chi connectivity index (χ0v) is 17.8. The van der Waals surface area contributed by atoms with Gasteiger partial charge in [-0.3, -0.25) is 14.2 Å². The van der Waals surface area contributed by atoms with Gasteiger partial charge in [-0.1, -0.05) is 0 Å². The Balaban J connectivity index is 1.68. The third-order valence-corrected chi connectivity index (χ3v) is 6.62. The van der Waals surface area contributed by atoms with E-state index in [2.05, 4.69) is 10.3 Å². The van der Waals surface area contributed by atoms with E-state index in [1.54, 1.807) is 19.9 Å². The number of nitrogens with zero attached hydrogens (tertiary/aromatic N) is 2. The lowest BCUT2D eigenvalue weighted by Crippen LogP contribution is -2.23. The summed E-state index contributed by atoms with van der Waals surface area (Å²) in [5.74, 6) is -0.625. The fourth-order valence-electron chi connectivity index (χ4n) is 2.79. The van der Waals surface area contributed by atoms with Crippen LogP contribution in [0.1, 0.15) is 39.0 Å². The van der Waals surface area contributed by atoms with Crippen molar-refractivity contribution in [3.05, 3.63) is 43.6 Å². The maximum atomic E-state index is 12.7. The molecule has 1 N–H and O–H groups in total. The molecule has 3 rings (SSSR count). The van der Waals surface area contributed by atoms with Gasteiger partial charge in [-0.25, -0.2) is 9.78 Å². The van der Waals surface area contributed by atoms with Crippen LogP contribution in [0, 0.1) is 20.8 Å². The molecule has 0 atom stereocenters. The van der Waals surface area contributed by atoms with Crippen molar-refractivity contribution in [2.45, 2.75) is 40.7 Å². The Hall–Kier alpha value is -2.52. The van der Waals surface area contributed by atoms with Crippen molar-refractivity contribution in [1.82, 2.24) is 9.55 Å². The predicted molar refractivity (Wildman–Crippen MR) is 112 cm³/mol. The van der Waals surface area contributed by atoms with Gasteiger partial charge in [-0.15, -0.1) is 22.7 Å². The fourth-order valence-corrected chi connectivity index (χ4v) is 4.76. The van der Waals surface area contributed by atoms with Crippen LogP contribution in [0.2, 0.25) is 0 Å². The molecule has 0 aliphatic heterocycles. The number of nitrogens with one attached hydrogen (secondary N) is 1. The van der Waals surface area contributed by atoms with E-state index in [-0.39, 0.29) is 24.4 Å². The number of rotatable bonds is 6. The number of fused-ring (bicyclic) bond motifs is 1. The highest BCUT2D eigenvalue weighted by Gasteiger charge is 2.16. The Labute approximate surface area is 170 Å². The number of carbonyl (C=O) groups is 2. The Morgan fingerprint density at radius 1 is 1.25 bits per heavy atom. The number of hydrogen-bond donors (Lipinski definition) is 1. The molecule has 9 heteroatoms. The summed E-state index contributed by atoms with van der Waals surface area (Å²) in [7, 11) is 0. The minimum Gasteiger partial charge on any atom is -0.462 e. The fraction of sp³-hybridized carbons (Fsp3) is 0.368. The molecular weight excluding hydrogens is 398 g/mol. The lowest BCUT2D eigenvalue weighted by molar-refractivity contribution is -0.116. The SMILES string of the molecule is CCOC(=O)c1sc(NC(=O)CCn2cnc3sc(C)c(C)c3c2=O)cc1C. The molecule has 3 heterocycles. The van der Waals surface area contributed by atoms with E-state index in [1.165, 1.54) is 33.6 Å². The normalized spacial score (nSPS) is 11.0. The number of carbonyl (C=O) groups excluding carboxylic acids is 2. The molecule has 148 valence electrons. The standard InChI is InChI=1S/C19H21N3O4S2/c1-5-26-19(25)16-10(2)8-14(28-16)21-13(23)6-7-22-9-20-17-15(18(22)24)11(3)12(4)27-17/h8-9H,5-7H2,1-4H3,(H,21,23). The molecule has 1 amide bonds. The zero-order chi connectivity index (χ0) is 20.4. The molecule has 0 bridgehead atoms. The molecule has 0 saturated carbocycles. The largest absolute Gasteiger partial charge is 0.462 e. The van der Waals surface area contributed by atoms with E-state index in [4.69, 9.17) is 4.74 Å². The van der Waals surface area contributed by atoms with E-state index in [1.807, 2.05) is 13.8 Å². The van der Waals surface area contributed by atoms with Crippen LogP contribution < -0.4 is 10.9 Å². The molecule has 7 nitrogen and oxygen atoms in total. The molecule has 0 spiro atoms. The number of aryl methyl sites for hydroxylation is 4. The Bertz CT molecular complexity index is 1110. The van der Waals surface area contributed by atoms with Crippen LogP contribution in [0.3, 0.4) is 0 Å². The zero-order valence-electron chi connectivity index (χ0n) is 16.1. The summed E-state index contributed by atoms with van der Waals surface area (Å²) >= 11 is 2.68. The van der Waals surface area contributed by atoms with Gasteiger partial charge in [0.15, 0.2) is 0 Å². The van der Waals surface area contributed by atoms with Crippen LogP contribution in [0.15, 0.2) is 17.2 Å². The number of amides is 1. The molecule has 0 radical (unpaired) electrons. The number of anilines is 1. The molecule has 0 saturated heterocycles. The third-order valence-electron chi connectivity index (χ3n) is 4.38. The smallest absolute Gasteiger partial charge is 0.348 e. The Morgan fingerprint density at radius 3 is 2.71 bits per heavy atom. The van der Waals surface area contributed by atoms with E-state index < -0.39 is 5.97 Å². The van der Waals surface area contributed by atoms with Gasteiger partial charge < -0.3 is 10.1 Å². The van der Waals surface area contributed by atoms with Crippen molar-refractivity contribution in [3.63, 3.8) is 0 Å². The van der Waals surface area contributed by atoms with Crippen molar-refractivity contribution in [2.24, 2.45) is 0 Å². The van der Waals surface area contributed by atoms with Gasteiger partial charge in [-0.2, -0.15) is 0 Å². The highest BCUT2D eigenvalue weighted by molar-refractivity contribution is 7.18. The van der Waals surface area contributed by atoms with E-state index in [0.717, 1.165) is 20.8 Å². The van der Waals surface area contributed by atoms with Crippen LogP contribution in [-0.2, 0) is 16.1 Å². The first-order valence-electron chi connectivity index (χ1n) is 8.84. The van der Waals surface area contributed by atoms with E-state index in [9.17, 15) is 14.4 Å². The summed E-state index contributed by atoms with van der Waals surface area (Å²) < 4.78 is 6.47. The van der Waals surface area contributed by atoms with Crippen molar-refractivity contribution in [2.75, 3.05) is 11.9 Å². The summed E-state index contributed by atoms with van der Waals surface area (Å²) in [4.78, 5) is 43.4. The quantitative estimate of drug-likeness (QED) is 0.616. The molecule has 3 aromatic heterocycles. The van der Waals surface area contributed by atoms with Gasteiger partial charge in [0.2, 0.25) is 5.91 Å². The molecule has 0 aromatic carbocycles. The minimum absolute atomic E-state index is 0.126. The van der Waals surface area contributed by atoms with Crippen molar-refractivity contribution < 1.29 is 14.3 Å². The second kappa shape index (κ2) is 8.24. The highest BCUT2D eigenvalue weighted by Crippen LogP contribution is 2.28. The predicted octanol–water partition coefficient (Wildman–Crippen LogP) is 3.65. The summed E-state index contributed by atoms with van der Waals surface area (Å²) in [5.41, 5.74) is 1.57. The first-order chi connectivity index (χ1) is 13.3. The number of hydrogen-bond acceptors (Lipinski definition) is 7. The van der Waals surface area contributed by atoms with Crippen molar-refractivity contribution >= 4 is 49.8 Å². The molecule has 0 aliphatic rings. The van der Waals surface area contributed by atoms with Crippen LogP contribution in [0.5, 0.6) is 0 Å². The molecule has 3 aromatic rings. The maximum absolute atomic E-state index is 12.7. The van der Waals surface area contributed by atoms with Gasteiger partial charge in [-0.05, 0) is 44.9 Å². The van der Waals surface area contributed by atoms with Gasteiger partial charge in [0, 0.05) is 17.8 Å². The number of thiophene rings is 2. The van der Waals surface area contributed by atoms with Gasteiger partial charge >= 0.3 is 5.97 Å². The lowest BCUT2D eigenvalue weighted by Gasteiger charge is -2.06. The first kappa shape index (κ1) is 20.2. The number of esters is 1. The molecule has 0 unspecified atom stereocenters. The monoisotopic (exact) mass is 419 g/mol. The van der Waals surface area contributed by atoms with Crippen LogP contribution >= 0.6 is 22.7 Å². The summed E-state index contributed by atoms with van der Waals surface area (Å²) in [6, 6.07) is 1.74. The van der Waals surface area contributed by atoms with E-state index >= 15 is 0 Å². The Morgan fingerprint density at radius 2 is 2.00 bits per heavy atom. The minimum atomic E-state index is -0.391. The summed E-state index contributed by atoms with van der Waals surface area (Å²) in [6.45, 7) is 7.95. The molecule has 0 aliphatic carbocycles. The summed E-state index contributed by atoms with van der Waals surface area (Å²) in [6.07, 6.45) is 1.61. The highest BCUT2D eigenvalue weighted by atomic mass is 32.1. The van der Waals surface area contributed by atoms with Gasteiger partial charge in [0.1, 0.15) is 9.71 Å². The first-order valence-corrected chi connectivity index (χ1v) is 10.5. The van der Waals surface area contributed by atoms with Gasteiger partial charge in [0.05, 0.1) is 23.3 Å². The Kier molecular flexibility index (Phi) is 5.95. The molecular formula is C19H21N3O4S2. The van der Waals surface area contributed by atoms with Crippen molar-refractivity contribution in [3.8, 4) is 0 Å². The second-order valence-corrected chi connectivity index (χ2v) is 8.60. The average molecular weight is 420 g/mol. The average Bonchev–Trinajstić information content (AvgIpc) is 3.14. The number of ether oxygens (including phenoxy) is 1. The van der Waals surface area contributed by atoms with Crippen molar-refractivity contribution in [1.29, 1.82) is 0 Å². The molecule has 0 fully saturated rings.